The fourth-order valence-electron chi connectivity index (χ4n) is 4.13. The van der Waals surface area contributed by atoms with Gasteiger partial charge in [-0.2, -0.15) is 4.31 Å². The van der Waals surface area contributed by atoms with Crippen molar-refractivity contribution >= 4 is 38.6 Å². The molecule has 1 fully saturated rings. The molecule has 1 unspecified atom stereocenters. The summed E-state index contributed by atoms with van der Waals surface area (Å²) < 4.78 is 41.5. The second-order valence-electron chi connectivity index (χ2n) is 8.69. The van der Waals surface area contributed by atoms with Crippen LogP contribution in [-0.4, -0.2) is 74.9 Å². The highest BCUT2D eigenvalue weighted by Crippen LogP contribution is 2.31. The highest BCUT2D eigenvalue weighted by Gasteiger charge is 2.32. The molecule has 184 valence electrons. The average Bonchev–Trinajstić information content (AvgIpc) is 3.05. The number of benzene rings is 1. The monoisotopic (exact) mass is 511 g/mol. The summed E-state index contributed by atoms with van der Waals surface area (Å²) in [4.78, 5) is 13.0. The number of halogens is 2. The average molecular weight is 512 g/mol. The van der Waals surface area contributed by atoms with Gasteiger partial charge in [0.15, 0.2) is 5.82 Å². The molecule has 1 aliphatic rings. The van der Waals surface area contributed by atoms with Crippen molar-refractivity contribution in [3.8, 4) is 11.3 Å². The van der Waals surface area contributed by atoms with Crippen molar-refractivity contribution in [2.24, 2.45) is 5.73 Å². The van der Waals surface area contributed by atoms with E-state index in [9.17, 15) is 17.9 Å². The van der Waals surface area contributed by atoms with Gasteiger partial charge in [0.2, 0.25) is 16.0 Å². The number of hydrogen-bond acceptors (Lipinski definition) is 8. The largest absolute Gasteiger partial charge is 0.390 e. The predicted octanol–water partition coefficient (Wildman–Crippen LogP) is 1.75. The van der Waals surface area contributed by atoms with E-state index in [2.05, 4.69) is 20.3 Å². The molecule has 0 bridgehead atoms. The van der Waals surface area contributed by atoms with Crippen molar-refractivity contribution in [3.05, 3.63) is 35.0 Å². The van der Waals surface area contributed by atoms with Gasteiger partial charge in [-0.1, -0.05) is 11.6 Å². The van der Waals surface area contributed by atoms with Crippen LogP contribution in [0.15, 0.2) is 18.3 Å². The van der Waals surface area contributed by atoms with Crippen LogP contribution >= 0.6 is 11.6 Å². The number of aromatic nitrogens is 4. The zero-order valence-electron chi connectivity index (χ0n) is 19.0. The molecule has 1 saturated heterocycles. The van der Waals surface area contributed by atoms with Crippen molar-refractivity contribution in [2.75, 3.05) is 24.7 Å². The molecule has 0 aliphatic carbocycles. The van der Waals surface area contributed by atoms with Gasteiger partial charge in [-0.15, -0.1) is 0 Å². The number of anilines is 1. The van der Waals surface area contributed by atoms with Gasteiger partial charge in [-0.3, -0.25) is 0 Å². The topological polar surface area (TPSA) is 139 Å². The Hall–Kier alpha value is -2.38. The fraction of sp³-hybridized carbons (Fsp3) is 0.476. The number of piperidine rings is 1. The van der Waals surface area contributed by atoms with Crippen LogP contribution in [0.1, 0.15) is 19.2 Å². The number of fused-ring (bicyclic) bond motifs is 1. The van der Waals surface area contributed by atoms with E-state index in [0.717, 1.165) is 6.26 Å². The first kappa shape index (κ1) is 24.7. The number of imidazole rings is 1. The number of hydrogen-bond donors (Lipinski definition) is 3. The van der Waals surface area contributed by atoms with Gasteiger partial charge >= 0.3 is 0 Å². The van der Waals surface area contributed by atoms with E-state index in [4.69, 9.17) is 17.3 Å². The zero-order valence-corrected chi connectivity index (χ0v) is 20.6. The molecule has 4 N–H and O–H groups in total. The Morgan fingerprint density at radius 1 is 1.38 bits per heavy atom. The molecule has 3 atom stereocenters. The molecule has 0 amide bonds. The summed E-state index contributed by atoms with van der Waals surface area (Å²) in [5.41, 5.74) is 7.54. The highest BCUT2D eigenvalue weighted by molar-refractivity contribution is 7.88. The van der Waals surface area contributed by atoms with E-state index in [1.165, 1.54) is 16.6 Å². The number of nitrogens with one attached hydrogen (secondary N) is 1. The maximum absolute atomic E-state index is 15.0. The normalized spacial score (nSPS) is 20.6. The number of sulfonamides is 1. The Bertz CT molecular complexity index is 1330. The van der Waals surface area contributed by atoms with Gasteiger partial charge in [0.25, 0.3) is 0 Å². The number of aliphatic hydroxyl groups excluding tert-OH is 1. The molecule has 0 spiro atoms. The summed E-state index contributed by atoms with van der Waals surface area (Å²) in [6, 6.07) is 2.48. The minimum Gasteiger partial charge on any atom is -0.390 e. The minimum atomic E-state index is -3.39. The molecule has 34 heavy (non-hydrogen) atoms. The molecular formula is C21H27ClFN7O3S. The first-order valence-corrected chi connectivity index (χ1v) is 13.0. The standard InChI is InChI=1S/C21H27ClFN7O3S/c1-11(24)9-30-12(2)26-20-15(23)6-13(7-17(20)30)19-14(22)8-25-21(28-19)27-16-4-5-29(10-18(16)31)34(3,32)33/h6-8,11,16,18,31H,4-5,9-10,24H2,1-3H3,(H,25,27,28)/t11?,16-,18-/m1/s1. The van der Waals surface area contributed by atoms with E-state index in [-0.39, 0.29) is 35.6 Å². The van der Waals surface area contributed by atoms with E-state index >= 15 is 0 Å². The maximum atomic E-state index is 15.0. The molecule has 13 heteroatoms. The zero-order chi connectivity index (χ0) is 24.8. The minimum absolute atomic E-state index is 0.0261. The van der Waals surface area contributed by atoms with Gasteiger partial charge in [0.05, 0.1) is 40.8 Å². The van der Waals surface area contributed by atoms with Gasteiger partial charge in [0, 0.05) is 31.2 Å². The van der Waals surface area contributed by atoms with E-state index in [1.54, 1.807) is 13.0 Å². The number of nitrogens with two attached hydrogens (primary N) is 1. The molecule has 0 saturated carbocycles. The summed E-state index contributed by atoms with van der Waals surface area (Å²) in [6.07, 6.45) is 1.93. The Labute approximate surface area is 202 Å². The van der Waals surface area contributed by atoms with Gasteiger partial charge in [-0.05, 0) is 32.4 Å². The van der Waals surface area contributed by atoms with Crippen molar-refractivity contribution in [2.45, 2.75) is 45.0 Å². The number of rotatable bonds is 6. The summed E-state index contributed by atoms with van der Waals surface area (Å²) >= 11 is 6.36. The third-order valence-corrected chi connectivity index (χ3v) is 7.36. The van der Waals surface area contributed by atoms with Crippen LogP contribution in [0.5, 0.6) is 0 Å². The molecule has 0 radical (unpaired) electrons. The lowest BCUT2D eigenvalue weighted by atomic mass is 10.0. The van der Waals surface area contributed by atoms with Gasteiger partial charge in [0.1, 0.15) is 11.3 Å². The van der Waals surface area contributed by atoms with E-state index < -0.39 is 28.0 Å². The van der Waals surface area contributed by atoms with Crippen LogP contribution < -0.4 is 11.1 Å². The second kappa shape index (κ2) is 9.34. The van der Waals surface area contributed by atoms with Crippen molar-refractivity contribution in [1.29, 1.82) is 0 Å². The Balaban J connectivity index is 1.65. The lowest BCUT2D eigenvalue weighted by molar-refractivity contribution is 0.0950. The number of β-amino-alcohol motifs (C(OH)–C–C–N with tert-alkyl or cyclic N) is 1. The lowest BCUT2D eigenvalue weighted by Gasteiger charge is -2.34. The second-order valence-corrected chi connectivity index (χ2v) is 11.1. The summed E-state index contributed by atoms with van der Waals surface area (Å²) in [5.74, 6) is 0.331. The molecule has 1 aromatic carbocycles. The molecule has 1 aliphatic heterocycles. The van der Waals surface area contributed by atoms with Crippen molar-refractivity contribution in [1.82, 2.24) is 23.8 Å². The quantitative estimate of drug-likeness (QED) is 0.455. The van der Waals surface area contributed by atoms with Crippen molar-refractivity contribution in [3.63, 3.8) is 0 Å². The first-order valence-electron chi connectivity index (χ1n) is 10.8. The number of aliphatic hydroxyl groups is 1. The van der Waals surface area contributed by atoms with E-state index in [0.29, 0.717) is 35.6 Å². The third kappa shape index (κ3) is 5.01. The van der Waals surface area contributed by atoms with Crippen LogP contribution in [0.2, 0.25) is 5.02 Å². The summed E-state index contributed by atoms with van der Waals surface area (Å²) in [6.45, 7) is 4.36. The molecule has 4 rings (SSSR count). The van der Waals surface area contributed by atoms with E-state index in [1.807, 2.05) is 11.5 Å². The molecule has 3 heterocycles. The summed E-state index contributed by atoms with van der Waals surface area (Å²) in [5, 5.41) is 13.7. The molecule has 10 nitrogen and oxygen atoms in total. The van der Waals surface area contributed by atoms with Crippen LogP contribution in [0.4, 0.5) is 10.3 Å². The smallest absolute Gasteiger partial charge is 0.223 e. The molecular weight excluding hydrogens is 485 g/mol. The lowest BCUT2D eigenvalue weighted by Crippen LogP contribution is -2.51. The molecule has 3 aromatic rings. The van der Waals surface area contributed by atoms with Gasteiger partial charge < -0.3 is 20.7 Å². The van der Waals surface area contributed by atoms with Crippen LogP contribution in [0, 0.1) is 12.7 Å². The van der Waals surface area contributed by atoms with Crippen LogP contribution in [0.3, 0.4) is 0 Å². The number of aryl methyl sites for hydroxylation is 1. The Morgan fingerprint density at radius 3 is 2.76 bits per heavy atom. The predicted molar refractivity (Wildman–Crippen MR) is 129 cm³/mol. The Morgan fingerprint density at radius 2 is 2.12 bits per heavy atom. The van der Waals surface area contributed by atoms with Crippen molar-refractivity contribution < 1.29 is 17.9 Å². The number of nitrogens with zero attached hydrogens (tertiary/aromatic N) is 5. The highest BCUT2D eigenvalue weighted by atomic mass is 35.5. The third-order valence-electron chi connectivity index (χ3n) is 5.81. The molecule has 2 aromatic heterocycles. The van der Waals surface area contributed by atoms with Crippen LogP contribution in [0.25, 0.3) is 22.3 Å². The van der Waals surface area contributed by atoms with Gasteiger partial charge in [-0.25, -0.2) is 27.8 Å². The fourth-order valence-corrected chi connectivity index (χ4v) is 5.19. The summed E-state index contributed by atoms with van der Waals surface area (Å²) in [7, 11) is -3.39. The maximum Gasteiger partial charge on any atom is 0.223 e. The SMILES string of the molecule is Cc1nc2c(F)cc(-c3nc(N[C@@H]4CCN(S(C)(=O)=O)C[C@H]4O)ncc3Cl)cc2n1CC(C)N. The Kier molecular flexibility index (Phi) is 6.80. The van der Waals surface area contributed by atoms with Crippen LogP contribution in [-0.2, 0) is 16.6 Å². The first-order chi connectivity index (χ1) is 15.9.